The van der Waals surface area contributed by atoms with Crippen molar-refractivity contribution in [3.8, 4) is 0 Å². The van der Waals surface area contributed by atoms with E-state index in [1.54, 1.807) is 0 Å². The number of nitrogens with zero attached hydrogens (tertiary/aromatic N) is 2. The van der Waals surface area contributed by atoms with E-state index in [4.69, 9.17) is 0 Å². The molecule has 0 unspecified atom stereocenters. The molecule has 2 nitrogen and oxygen atoms in total. The summed E-state index contributed by atoms with van der Waals surface area (Å²) in [6.45, 7) is 18.7. The van der Waals surface area contributed by atoms with Gasteiger partial charge in [-0.15, -0.1) is 26.3 Å². The molecule has 0 saturated heterocycles. The summed E-state index contributed by atoms with van der Waals surface area (Å²) in [4.78, 5) is 0. The average molecular weight is 220 g/mol. The van der Waals surface area contributed by atoms with Crippen LogP contribution in [0.3, 0.4) is 0 Å². The quantitative estimate of drug-likeness (QED) is 0.390. The molecule has 0 rings (SSSR count). The second-order valence-corrected chi connectivity index (χ2v) is 3.56. The summed E-state index contributed by atoms with van der Waals surface area (Å²) in [6.07, 6.45) is 9.70. The van der Waals surface area contributed by atoms with Crippen LogP contribution in [0, 0.1) is 0 Å². The van der Waals surface area contributed by atoms with Crippen LogP contribution in [0.2, 0.25) is 0 Å². The molecule has 0 amide bonds. The van der Waals surface area contributed by atoms with Gasteiger partial charge in [0.25, 0.3) is 0 Å². The fraction of sp³-hybridized carbons (Fsp3) is 0.429. The van der Waals surface area contributed by atoms with Crippen molar-refractivity contribution in [3.05, 3.63) is 50.6 Å². The van der Waals surface area contributed by atoms with Crippen molar-refractivity contribution in [2.75, 3.05) is 26.2 Å². The van der Waals surface area contributed by atoms with Crippen molar-refractivity contribution in [2.24, 2.45) is 0 Å². The molecule has 0 saturated carbocycles. The Hall–Kier alpha value is -1.12. The maximum Gasteiger partial charge on any atom is 0.0315 e. The summed E-state index contributed by atoms with van der Waals surface area (Å²) < 4.78 is 0. The van der Waals surface area contributed by atoms with Crippen LogP contribution in [0.25, 0.3) is 0 Å². The first-order chi connectivity index (χ1) is 7.79. The predicted octanol–water partition coefficient (Wildman–Crippen LogP) is 3.03. The third-order valence-electron chi connectivity index (χ3n) is 2.26. The van der Waals surface area contributed by atoms with Gasteiger partial charge in [0, 0.05) is 26.2 Å². The van der Waals surface area contributed by atoms with E-state index in [9.17, 15) is 0 Å². The minimum atomic E-state index is 0.848. The maximum atomic E-state index is 3.78. The third kappa shape index (κ3) is 6.38. The van der Waals surface area contributed by atoms with Crippen molar-refractivity contribution in [1.82, 2.24) is 10.0 Å². The van der Waals surface area contributed by atoms with Crippen LogP contribution in [-0.4, -0.2) is 36.2 Å². The Morgan fingerprint density at radius 3 is 1.38 bits per heavy atom. The van der Waals surface area contributed by atoms with Gasteiger partial charge in [0.1, 0.15) is 0 Å². The van der Waals surface area contributed by atoms with E-state index >= 15 is 0 Å². The zero-order valence-electron chi connectivity index (χ0n) is 10.3. The first kappa shape index (κ1) is 14.9. The summed E-state index contributed by atoms with van der Waals surface area (Å²) in [5.41, 5.74) is 0. The minimum Gasteiger partial charge on any atom is -0.241 e. The highest BCUT2D eigenvalue weighted by Gasteiger charge is 2.10. The molecule has 90 valence electrons. The SMILES string of the molecule is C=CCCN(CCC=C)N(CC=C)CC=C. The molecule has 0 aromatic rings. The van der Waals surface area contributed by atoms with E-state index in [-0.39, 0.29) is 0 Å². The van der Waals surface area contributed by atoms with Gasteiger partial charge >= 0.3 is 0 Å². The standard InChI is InChI=1S/C14H24N2/c1-5-9-13-16(14-10-6-2)15(11-7-3)12-8-4/h5-8H,1-4,9-14H2. The fourth-order valence-electron chi connectivity index (χ4n) is 1.48. The lowest BCUT2D eigenvalue weighted by Gasteiger charge is -2.33. The van der Waals surface area contributed by atoms with Gasteiger partial charge in [-0.25, -0.2) is 10.0 Å². The second kappa shape index (κ2) is 10.4. The number of hydrogen-bond acceptors (Lipinski definition) is 2. The summed E-state index contributed by atoms with van der Waals surface area (Å²) >= 11 is 0. The van der Waals surface area contributed by atoms with E-state index < -0.39 is 0 Å². The highest BCUT2D eigenvalue weighted by atomic mass is 15.6. The van der Waals surface area contributed by atoms with Crippen molar-refractivity contribution in [2.45, 2.75) is 12.8 Å². The Labute approximate surface area is 100 Å². The van der Waals surface area contributed by atoms with Crippen molar-refractivity contribution in [3.63, 3.8) is 0 Å². The van der Waals surface area contributed by atoms with E-state index in [2.05, 4.69) is 36.3 Å². The normalized spacial score (nSPS) is 10.4. The number of rotatable bonds is 11. The Kier molecular flexibility index (Phi) is 9.67. The van der Waals surface area contributed by atoms with Crippen molar-refractivity contribution < 1.29 is 0 Å². The lowest BCUT2D eigenvalue weighted by atomic mass is 10.3. The first-order valence-corrected chi connectivity index (χ1v) is 5.73. The summed E-state index contributed by atoms with van der Waals surface area (Å²) in [5, 5.41) is 4.56. The van der Waals surface area contributed by atoms with E-state index in [0.717, 1.165) is 39.0 Å². The van der Waals surface area contributed by atoms with Crippen LogP contribution in [0.1, 0.15) is 12.8 Å². The monoisotopic (exact) mass is 220 g/mol. The van der Waals surface area contributed by atoms with Gasteiger partial charge in [0.05, 0.1) is 0 Å². The fourth-order valence-corrected chi connectivity index (χ4v) is 1.48. The Morgan fingerprint density at radius 2 is 1.06 bits per heavy atom. The molecule has 0 fully saturated rings. The molecule has 0 spiro atoms. The van der Waals surface area contributed by atoms with Gasteiger partial charge in [-0.3, -0.25) is 0 Å². The van der Waals surface area contributed by atoms with Crippen LogP contribution in [-0.2, 0) is 0 Å². The molecule has 0 aliphatic rings. The zero-order valence-corrected chi connectivity index (χ0v) is 10.3. The van der Waals surface area contributed by atoms with Crippen LogP contribution in [0.4, 0.5) is 0 Å². The summed E-state index contributed by atoms with van der Waals surface area (Å²) in [5.74, 6) is 0. The van der Waals surface area contributed by atoms with E-state index in [1.165, 1.54) is 0 Å². The minimum absolute atomic E-state index is 0.848. The molecule has 0 aromatic carbocycles. The molecule has 0 aliphatic carbocycles. The van der Waals surface area contributed by atoms with Crippen LogP contribution < -0.4 is 0 Å². The van der Waals surface area contributed by atoms with Crippen LogP contribution in [0.5, 0.6) is 0 Å². The molecule has 0 heterocycles. The topological polar surface area (TPSA) is 6.48 Å². The summed E-state index contributed by atoms with van der Waals surface area (Å²) in [6, 6.07) is 0. The number of hydrogen-bond donors (Lipinski definition) is 0. The van der Waals surface area contributed by atoms with Crippen molar-refractivity contribution in [1.29, 1.82) is 0 Å². The molecule has 2 heteroatoms. The third-order valence-corrected chi connectivity index (χ3v) is 2.26. The van der Waals surface area contributed by atoms with Crippen LogP contribution >= 0.6 is 0 Å². The van der Waals surface area contributed by atoms with Gasteiger partial charge in [-0.1, -0.05) is 24.3 Å². The molecule has 0 N–H and O–H groups in total. The molecule has 16 heavy (non-hydrogen) atoms. The predicted molar refractivity (Wildman–Crippen MR) is 73.2 cm³/mol. The summed E-state index contributed by atoms with van der Waals surface area (Å²) in [7, 11) is 0. The Morgan fingerprint density at radius 1 is 0.625 bits per heavy atom. The van der Waals surface area contributed by atoms with Gasteiger partial charge in [-0.2, -0.15) is 0 Å². The maximum absolute atomic E-state index is 3.78. The Balaban J connectivity index is 4.35. The highest BCUT2D eigenvalue weighted by molar-refractivity contribution is 4.81. The smallest absolute Gasteiger partial charge is 0.0315 e. The lowest BCUT2D eigenvalue weighted by molar-refractivity contribution is -0.00124. The van der Waals surface area contributed by atoms with Gasteiger partial charge in [0.2, 0.25) is 0 Å². The second-order valence-electron chi connectivity index (χ2n) is 3.56. The van der Waals surface area contributed by atoms with E-state index in [1.807, 2.05) is 24.3 Å². The molecular formula is C14H24N2. The molecule has 0 radical (unpaired) electrons. The molecular weight excluding hydrogens is 196 g/mol. The molecule has 0 atom stereocenters. The van der Waals surface area contributed by atoms with E-state index in [0.29, 0.717) is 0 Å². The van der Waals surface area contributed by atoms with Gasteiger partial charge in [-0.05, 0) is 12.8 Å². The molecule has 0 aliphatic heterocycles. The highest BCUT2D eigenvalue weighted by Crippen LogP contribution is 2.03. The van der Waals surface area contributed by atoms with Gasteiger partial charge < -0.3 is 0 Å². The molecule has 0 bridgehead atoms. The number of hydrazine groups is 1. The average Bonchev–Trinajstić information content (AvgIpc) is 2.29. The zero-order chi connectivity index (χ0) is 12.2. The Bertz CT molecular complexity index is 199. The first-order valence-electron chi connectivity index (χ1n) is 5.73. The van der Waals surface area contributed by atoms with Crippen LogP contribution in [0.15, 0.2) is 50.6 Å². The lowest BCUT2D eigenvalue weighted by Crippen LogP contribution is -2.43. The van der Waals surface area contributed by atoms with Crippen molar-refractivity contribution >= 4 is 0 Å². The largest absolute Gasteiger partial charge is 0.241 e. The molecule has 0 aromatic heterocycles. The van der Waals surface area contributed by atoms with Gasteiger partial charge in [0.15, 0.2) is 0 Å².